The van der Waals surface area contributed by atoms with Crippen LogP contribution in [0.25, 0.3) is 0 Å². The highest BCUT2D eigenvalue weighted by atomic mass is 33.1. The Morgan fingerprint density at radius 1 is 0.873 bits per heavy atom. The lowest BCUT2D eigenvalue weighted by Gasteiger charge is -2.26. The maximum atomic E-state index is 14.0. The first-order chi connectivity index (χ1) is 33.6. The molecule has 2 saturated heterocycles. The first-order valence-electron chi connectivity index (χ1n) is 23.2. The molecule has 0 bridgehead atoms. The monoisotopic (exact) mass is 1030 g/mol. The van der Waals surface area contributed by atoms with Gasteiger partial charge in [-0.05, 0) is 93.7 Å². The number of nitrogens with one attached hydrogen (secondary N) is 2. The number of carbonyl (C=O) groups is 4. The summed E-state index contributed by atoms with van der Waals surface area (Å²) in [6.07, 6.45) is 2.93. The summed E-state index contributed by atoms with van der Waals surface area (Å²) in [6.45, 7) is 15.9. The van der Waals surface area contributed by atoms with Crippen LogP contribution < -0.4 is 29.6 Å². The van der Waals surface area contributed by atoms with Gasteiger partial charge in [0, 0.05) is 36.5 Å². The van der Waals surface area contributed by atoms with E-state index < -0.39 is 40.7 Å². The fourth-order valence-corrected chi connectivity index (χ4v) is 10.00. The van der Waals surface area contributed by atoms with Gasteiger partial charge in [-0.2, -0.15) is 0 Å². The zero-order chi connectivity index (χ0) is 52.0. The summed E-state index contributed by atoms with van der Waals surface area (Å²) >= 11 is 0. The normalized spacial score (nSPS) is 16.8. The molecule has 2 aliphatic rings. The van der Waals surface area contributed by atoms with Gasteiger partial charge < -0.3 is 48.4 Å². The third kappa shape index (κ3) is 16.0. The Labute approximate surface area is 422 Å². The van der Waals surface area contributed by atoms with Crippen LogP contribution in [0.4, 0.5) is 26.7 Å². The smallest absolute Gasteiger partial charge is 0.412 e. The number of pyridine rings is 1. The molecule has 388 valence electrons. The number of nitro groups is 1. The highest BCUT2D eigenvalue weighted by molar-refractivity contribution is 8.76. The minimum Gasteiger partial charge on any atom is -0.493 e. The molecule has 0 unspecified atom stereocenters. The Bertz CT molecular complexity index is 2380. The van der Waals surface area contributed by atoms with Crippen molar-refractivity contribution < 1.29 is 62.7 Å². The number of unbranched alkanes of at least 4 members (excludes halogenated alkanes) is 2. The lowest BCUT2D eigenvalue weighted by atomic mass is 9.91. The van der Waals surface area contributed by atoms with Gasteiger partial charge >= 0.3 is 12.2 Å². The number of rotatable bonds is 23. The molecule has 2 fully saturated rings. The van der Waals surface area contributed by atoms with Crippen LogP contribution in [0, 0.1) is 15.5 Å². The van der Waals surface area contributed by atoms with Gasteiger partial charge in [0.25, 0.3) is 17.5 Å². The zero-order valence-electron chi connectivity index (χ0n) is 41.6. The summed E-state index contributed by atoms with van der Waals surface area (Å²) in [7, 11) is 5.70. The summed E-state index contributed by atoms with van der Waals surface area (Å²) < 4.78 is 34.6. The largest absolute Gasteiger partial charge is 0.493 e. The number of nitrogens with zero attached hydrogens (tertiary/aromatic N) is 4. The molecule has 4 N–H and O–H groups in total. The van der Waals surface area contributed by atoms with E-state index in [9.17, 15) is 39.5 Å². The van der Waals surface area contributed by atoms with Gasteiger partial charge in [0.05, 0.1) is 86.8 Å². The lowest BCUT2D eigenvalue weighted by molar-refractivity contribution is -0.385. The van der Waals surface area contributed by atoms with Crippen molar-refractivity contribution in [1.82, 2.24) is 14.8 Å². The third-order valence-electron chi connectivity index (χ3n) is 11.4. The number of amides is 4. The fourth-order valence-electron chi connectivity index (χ4n) is 7.95. The van der Waals surface area contributed by atoms with Crippen molar-refractivity contribution in [3.8, 4) is 23.0 Å². The van der Waals surface area contributed by atoms with Crippen LogP contribution in [-0.2, 0) is 9.47 Å². The van der Waals surface area contributed by atoms with Gasteiger partial charge in [0.15, 0.2) is 23.0 Å². The van der Waals surface area contributed by atoms with E-state index in [1.54, 1.807) is 31.7 Å². The Morgan fingerprint density at radius 2 is 1.45 bits per heavy atom. The van der Waals surface area contributed by atoms with Crippen molar-refractivity contribution in [2.24, 2.45) is 5.41 Å². The van der Waals surface area contributed by atoms with Gasteiger partial charge in [0.1, 0.15) is 16.8 Å². The maximum Gasteiger partial charge on any atom is 0.412 e. The van der Waals surface area contributed by atoms with Crippen LogP contribution in [0.1, 0.15) is 101 Å². The third-order valence-corrected chi connectivity index (χ3v) is 14.2. The number of carbonyl (C=O) groups excluding carboxylic acids is 4. The van der Waals surface area contributed by atoms with Crippen molar-refractivity contribution in [3.05, 3.63) is 76.0 Å². The molecule has 0 radical (unpaired) electrons. The van der Waals surface area contributed by atoms with Crippen molar-refractivity contribution in [1.29, 1.82) is 0 Å². The van der Waals surface area contributed by atoms with Gasteiger partial charge in [-0.25, -0.2) is 14.6 Å². The highest BCUT2D eigenvalue weighted by Crippen LogP contribution is 2.40. The molecule has 3 aromatic rings. The molecule has 0 aliphatic carbocycles. The molecular formula is C49H66N6O14S2. The number of likely N-dealkylation sites (tertiary alicyclic amines) is 2. The average Bonchev–Trinajstić information content (AvgIpc) is 3.87. The molecular weight excluding hydrogens is 961 g/mol. The van der Waals surface area contributed by atoms with E-state index in [1.807, 2.05) is 20.8 Å². The van der Waals surface area contributed by atoms with Gasteiger partial charge in [-0.1, -0.05) is 43.7 Å². The van der Waals surface area contributed by atoms with Crippen molar-refractivity contribution >= 4 is 62.7 Å². The van der Waals surface area contributed by atoms with Crippen LogP contribution in [0.2, 0.25) is 0 Å². The van der Waals surface area contributed by atoms with E-state index in [-0.39, 0.29) is 107 Å². The molecule has 5 rings (SSSR count). The van der Waals surface area contributed by atoms with Crippen LogP contribution in [0.15, 0.2) is 59.8 Å². The SMILES string of the molecule is C=C1C[C@@H](CO)N(C(=O)c2cc(OC)c(OCCCCCOc3cc(NC(=O)OC(C)(C)C)c(C(=O)N4CC(C)(C)C[C@H]4CO)cc3OC)cc2NC(=O)OCC[C@@H](C)SSc2ccc([N+](=O)[O-])cn2)C1. The van der Waals surface area contributed by atoms with E-state index in [0.29, 0.717) is 50.1 Å². The lowest BCUT2D eigenvalue weighted by Crippen LogP contribution is -2.38. The summed E-state index contributed by atoms with van der Waals surface area (Å²) in [5.41, 5.74) is 0.184. The summed E-state index contributed by atoms with van der Waals surface area (Å²) in [5.74, 6) is 0.225. The molecule has 1 aromatic heterocycles. The Kier molecular flexibility index (Phi) is 20.0. The highest BCUT2D eigenvalue weighted by Gasteiger charge is 2.41. The van der Waals surface area contributed by atoms with E-state index in [2.05, 4.69) is 22.2 Å². The Hall–Kier alpha value is -5.97. The second-order valence-electron chi connectivity index (χ2n) is 19.0. The van der Waals surface area contributed by atoms with Gasteiger partial charge in [-0.3, -0.25) is 30.3 Å². The number of benzene rings is 2. The predicted octanol–water partition coefficient (Wildman–Crippen LogP) is 8.75. The Morgan fingerprint density at radius 3 is 1.97 bits per heavy atom. The quantitative estimate of drug-likeness (QED) is 0.0228. The maximum absolute atomic E-state index is 14.0. The number of hydrogen-bond donors (Lipinski definition) is 4. The summed E-state index contributed by atoms with van der Waals surface area (Å²) in [5, 5.41) is 37.1. The number of ether oxygens (including phenoxy) is 6. The van der Waals surface area contributed by atoms with Crippen LogP contribution in [0.5, 0.6) is 23.0 Å². The van der Waals surface area contributed by atoms with E-state index in [0.717, 1.165) is 5.57 Å². The average molecular weight is 1030 g/mol. The number of anilines is 2. The molecule has 2 aliphatic heterocycles. The first-order valence-corrected chi connectivity index (χ1v) is 25.4. The second kappa shape index (κ2) is 25.4. The topological polar surface area (TPSA) is 251 Å². The summed E-state index contributed by atoms with van der Waals surface area (Å²) in [6, 6.07) is 8.09. The van der Waals surface area contributed by atoms with Crippen LogP contribution in [0.3, 0.4) is 0 Å². The molecule has 20 nitrogen and oxygen atoms in total. The molecule has 0 saturated carbocycles. The van der Waals surface area contributed by atoms with Crippen molar-refractivity contribution in [2.45, 2.75) is 108 Å². The number of methoxy groups -OCH3 is 2. The molecule has 3 heterocycles. The van der Waals surface area contributed by atoms with Crippen LogP contribution >= 0.6 is 21.6 Å². The molecule has 71 heavy (non-hydrogen) atoms. The Balaban J connectivity index is 1.22. The molecule has 4 amide bonds. The van der Waals surface area contributed by atoms with Crippen LogP contribution in [-0.4, -0.2) is 137 Å². The number of aromatic nitrogens is 1. The molecule has 0 spiro atoms. The summed E-state index contributed by atoms with van der Waals surface area (Å²) in [4.78, 5) is 71.9. The second-order valence-corrected chi connectivity index (χ2v) is 21.7. The minimum absolute atomic E-state index is 0.00933. The van der Waals surface area contributed by atoms with Gasteiger partial charge in [0.2, 0.25) is 0 Å². The standard InChI is InChI=1S/C49H66N6O14S2/c1-30-19-33(27-56)53(26-30)44(58)35-20-39(64-8)41(22-37(35)51-46(60)68-18-15-31(2)70-71-43-14-13-32(25-50-43)55(62)63)66-16-11-10-12-17-67-42-23-38(52-47(61)69-48(3,4)5)36(21-40(42)65-9)45(59)54-29-49(6,7)24-34(54)28-57/h13-14,20-23,25,31,33-34,56-57H,1,10-12,15-19,24,26-29H2,2-9H3,(H,51,60)(H,52,61)/t31-,33+,34+/m1/s1. The number of aliphatic hydroxyl groups excluding tert-OH is 2. The molecule has 3 atom stereocenters. The first kappa shape index (κ1) is 56.0. The number of aliphatic hydroxyl groups is 2. The van der Waals surface area contributed by atoms with Crippen molar-refractivity contribution in [2.75, 3.05) is 71.0 Å². The van der Waals surface area contributed by atoms with Gasteiger partial charge in [-0.15, -0.1) is 0 Å². The molecule has 22 heteroatoms. The minimum atomic E-state index is -0.807. The van der Waals surface area contributed by atoms with E-state index >= 15 is 0 Å². The van der Waals surface area contributed by atoms with Crippen molar-refractivity contribution in [3.63, 3.8) is 0 Å². The zero-order valence-corrected chi connectivity index (χ0v) is 43.2. The molecule has 2 aromatic carbocycles. The number of hydrogen-bond acceptors (Lipinski definition) is 17. The van der Waals surface area contributed by atoms with E-state index in [4.69, 9.17) is 28.4 Å². The van der Waals surface area contributed by atoms with E-state index in [1.165, 1.54) is 77.2 Å². The fraction of sp³-hybridized carbons (Fsp3) is 0.531. The predicted molar refractivity (Wildman–Crippen MR) is 270 cm³/mol.